The molecule has 0 aromatic rings. The molecule has 0 unspecified atom stereocenters. The van der Waals surface area contributed by atoms with Gasteiger partial charge >= 0.3 is 18.9 Å². The maximum absolute atomic E-state index is 8.36. The van der Waals surface area contributed by atoms with Crippen molar-refractivity contribution in [3.63, 3.8) is 0 Å². The third-order valence-corrected chi connectivity index (χ3v) is 0.591. The van der Waals surface area contributed by atoms with Crippen LogP contribution in [0.15, 0.2) is 0 Å². The van der Waals surface area contributed by atoms with Gasteiger partial charge in [0, 0.05) is 0 Å². The molecule has 0 fully saturated rings. The first-order valence-electron chi connectivity index (χ1n) is 1.95. The third-order valence-electron chi connectivity index (χ3n) is 0.591. The van der Waals surface area contributed by atoms with Crippen LogP contribution in [0.4, 0.5) is 0 Å². The first-order chi connectivity index (χ1) is 2.27. The Morgan fingerprint density at radius 1 is 1.83 bits per heavy atom. The summed E-state index contributed by atoms with van der Waals surface area (Å²) in [5, 5.41) is 8.36. The van der Waals surface area contributed by atoms with Gasteiger partial charge in [-0.2, -0.15) is 0 Å². The topological polar surface area (TPSA) is 20.2 Å². The van der Waals surface area contributed by atoms with E-state index in [-0.39, 0.29) is 26.4 Å². The second-order valence-electron chi connectivity index (χ2n) is 1.26. The standard InChI is InChI=1S/C4H10O.Li.H/c1-3-4(2)5;;/h4-5H,3H2,1-2H3;;/q;+1;-1/t4-;;/m0../s1. The van der Waals surface area contributed by atoms with Crippen LogP contribution in [0, 0.1) is 0 Å². The Labute approximate surface area is 52.4 Å². The van der Waals surface area contributed by atoms with Gasteiger partial charge in [0.15, 0.2) is 0 Å². The van der Waals surface area contributed by atoms with E-state index in [9.17, 15) is 0 Å². The van der Waals surface area contributed by atoms with Gasteiger partial charge in [-0.05, 0) is 13.3 Å². The minimum atomic E-state index is -0.116. The first kappa shape index (κ1) is 9.75. The van der Waals surface area contributed by atoms with Gasteiger partial charge in [-0.3, -0.25) is 0 Å². The minimum Gasteiger partial charge on any atom is -1.00 e. The molecule has 0 aliphatic carbocycles. The van der Waals surface area contributed by atoms with Gasteiger partial charge in [-0.1, -0.05) is 6.92 Å². The molecule has 0 rings (SSSR count). The molecule has 6 heavy (non-hydrogen) atoms. The van der Waals surface area contributed by atoms with Crippen LogP contribution in [0.5, 0.6) is 0 Å². The van der Waals surface area contributed by atoms with Gasteiger partial charge in [-0.15, -0.1) is 0 Å². The molecule has 34 valence electrons. The van der Waals surface area contributed by atoms with Crippen molar-refractivity contribution in [1.29, 1.82) is 0 Å². The summed E-state index contributed by atoms with van der Waals surface area (Å²) in [6.07, 6.45) is 0.745. The smallest absolute Gasteiger partial charge is 1.00 e. The van der Waals surface area contributed by atoms with Crippen molar-refractivity contribution in [2.24, 2.45) is 0 Å². The van der Waals surface area contributed by atoms with E-state index in [1.165, 1.54) is 0 Å². The molecule has 2 heteroatoms. The van der Waals surface area contributed by atoms with E-state index in [4.69, 9.17) is 5.11 Å². The van der Waals surface area contributed by atoms with Gasteiger partial charge < -0.3 is 6.53 Å². The zero-order valence-corrected chi connectivity index (χ0v) is 4.73. The molecule has 1 nitrogen and oxygen atoms in total. The Kier molecular flexibility index (Phi) is 9.03. The number of aliphatic hydroxyl groups is 1. The third kappa shape index (κ3) is 8.82. The van der Waals surface area contributed by atoms with Crippen molar-refractivity contribution in [3.05, 3.63) is 0 Å². The van der Waals surface area contributed by atoms with Crippen molar-refractivity contribution in [2.75, 3.05) is 0 Å². The van der Waals surface area contributed by atoms with Crippen LogP contribution in [-0.4, -0.2) is 11.2 Å². The molecule has 1 N–H and O–H groups in total. The Hall–Kier alpha value is 0.557. The monoisotopic (exact) mass is 82.1 g/mol. The zero-order valence-electron chi connectivity index (χ0n) is 5.73. The fourth-order valence-corrected chi connectivity index (χ4v) is 0. The zero-order chi connectivity index (χ0) is 4.28. The summed E-state index contributed by atoms with van der Waals surface area (Å²) >= 11 is 0. The molecule has 0 bridgehead atoms. The van der Waals surface area contributed by atoms with Crippen LogP contribution >= 0.6 is 0 Å². The normalized spacial score (nSPS) is 12.5. The minimum absolute atomic E-state index is 0. The molecule has 0 aromatic heterocycles. The molecule has 0 aliphatic heterocycles. The summed E-state index contributed by atoms with van der Waals surface area (Å²) in [7, 11) is 0. The van der Waals surface area contributed by atoms with Crippen molar-refractivity contribution in [1.82, 2.24) is 0 Å². The van der Waals surface area contributed by atoms with Crippen molar-refractivity contribution in [3.8, 4) is 0 Å². The summed E-state index contributed by atoms with van der Waals surface area (Å²) in [5.74, 6) is 0. The summed E-state index contributed by atoms with van der Waals surface area (Å²) in [6, 6.07) is 0. The SMILES string of the molecule is CC[C@H](C)O.[H-].[Li+]. The molecule has 0 radical (unpaired) electrons. The fourth-order valence-electron chi connectivity index (χ4n) is 0. The number of aliphatic hydroxyl groups excluding tert-OH is 1. The van der Waals surface area contributed by atoms with Gasteiger partial charge in [0.05, 0.1) is 6.10 Å². The Balaban J connectivity index is -0.0000000800. The fraction of sp³-hybridized carbons (Fsp3) is 1.00. The molecule has 0 heterocycles. The van der Waals surface area contributed by atoms with Crippen molar-refractivity contribution >= 4 is 0 Å². The average Bonchev–Trinajstić information content (AvgIpc) is 1.38. The van der Waals surface area contributed by atoms with Crippen molar-refractivity contribution in [2.45, 2.75) is 26.4 Å². The molecule has 0 saturated carbocycles. The summed E-state index contributed by atoms with van der Waals surface area (Å²) in [4.78, 5) is 0. The number of hydrogen-bond acceptors (Lipinski definition) is 1. The largest absolute Gasteiger partial charge is 1.00 e. The predicted octanol–water partition coefficient (Wildman–Crippen LogP) is -2.11. The Bertz CT molecular complexity index is 25.7. The Morgan fingerprint density at radius 3 is 2.00 bits per heavy atom. The van der Waals surface area contributed by atoms with Gasteiger partial charge in [0.25, 0.3) is 0 Å². The molecule has 0 saturated heterocycles. The van der Waals surface area contributed by atoms with Crippen LogP contribution in [0.2, 0.25) is 0 Å². The molecule has 0 spiro atoms. The first-order valence-corrected chi connectivity index (χ1v) is 1.95. The number of hydrogen-bond donors (Lipinski definition) is 1. The predicted molar refractivity (Wildman–Crippen MR) is 23.1 cm³/mol. The maximum Gasteiger partial charge on any atom is 1.00 e. The molecular weight excluding hydrogens is 71.0 g/mol. The molecule has 0 aliphatic rings. The molecular formula is C4H11LiO. The van der Waals surface area contributed by atoms with E-state index in [0.717, 1.165) is 6.42 Å². The van der Waals surface area contributed by atoms with Crippen LogP contribution in [0.25, 0.3) is 0 Å². The summed E-state index contributed by atoms with van der Waals surface area (Å²) < 4.78 is 0. The number of rotatable bonds is 1. The summed E-state index contributed by atoms with van der Waals surface area (Å²) in [5.41, 5.74) is 0. The second kappa shape index (κ2) is 5.56. The molecule has 1 atom stereocenters. The van der Waals surface area contributed by atoms with Gasteiger partial charge in [0.1, 0.15) is 0 Å². The quantitative estimate of drug-likeness (QED) is 0.359. The average molecular weight is 82.1 g/mol. The molecule has 0 aromatic carbocycles. The van der Waals surface area contributed by atoms with E-state index in [1.807, 2.05) is 6.92 Å². The van der Waals surface area contributed by atoms with Crippen LogP contribution in [-0.2, 0) is 0 Å². The van der Waals surface area contributed by atoms with Crippen LogP contribution in [0.1, 0.15) is 21.7 Å². The summed E-state index contributed by atoms with van der Waals surface area (Å²) in [6.45, 7) is 3.73. The van der Waals surface area contributed by atoms with E-state index < -0.39 is 0 Å². The van der Waals surface area contributed by atoms with Crippen LogP contribution in [0.3, 0.4) is 0 Å². The van der Waals surface area contributed by atoms with Crippen LogP contribution < -0.4 is 18.9 Å². The van der Waals surface area contributed by atoms with E-state index in [1.54, 1.807) is 6.92 Å². The molecule has 0 amide bonds. The van der Waals surface area contributed by atoms with Crippen molar-refractivity contribution < 1.29 is 25.4 Å². The maximum atomic E-state index is 8.36. The van der Waals surface area contributed by atoms with E-state index >= 15 is 0 Å². The van der Waals surface area contributed by atoms with Gasteiger partial charge in [-0.25, -0.2) is 0 Å². The Morgan fingerprint density at radius 2 is 2.00 bits per heavy atom. The van der Waals surface area contributed by atoms with Gasteiger partial charge in [0.2, 0.25) is 0 Å². The van der Waals surface area contributed by atoms with E-state index in [0.29, 0.717) is 0 Å². The second-order valence-corrected chi connectivity index (χ2v) is 1.26. The van der Waals surface area contributed by atoms with E-state index in [2.05, 4.69) is 0 Å².